The van der Waals surface area contributed by atoms with Crippen molar-refractivity contribution in [2.45, 2.75) is 21.9 Å². The minimum atomic E-state index is -3.58. The van der Waals surface area contributed by atoms with Gasteiger partial charge in [-0.2, -0.15) is 4.31 Å². The van der Waals surface area contributed by atoms with Gasteiger partial charge in [-0.1, -0.05) is 52.9 Å². The highest BCUT2D eigenvalue weighted by Gasteiger charge is 2.26. The van der Waals surface area contributed by atoms with E-state index in [-0.39, 0.29) is 17.2 Å². The molecule has 0 amide bonds. The molecule has 1 saturated heterocycles. The van der Waals surface area contributed by atoms with Crippen LogP contribution in [0, 0.1) is 6.92 Å². The number of ketones is 1. The van der Waals surface area contributed by atoms with Gasteiger partial charge in [0.15, 0.2) is 10.1 Å². The molecule has 174 valence electrons. The number of benzene rings is 2. The highest BCUT2D eigenvalue weighted by atomic mass is 32.2. The van der Waals surface area contributed by atoms with Gasteiger partial charge in [0.1, 0.15) is 0 Å². The lowest BCUT2D eigenvalue weighted by Gasteiger charge is -2.26. The van der Waals surface area contributed by atoms with Gasteiger partial charge in [0.2, 0.25) is 15.2 Å². The van der Waals surface area contributed by atoms with E-state index in [2.05, 4.69) is 46.7 Å². The maximum Gasteiger partial charge on any atom is 0.243 e. The van der Waals surface area contributed by atoms with E-state index in [1.807, 2.05) is 0 Å². The number of rotatable bonds is 9. The number of carbonyl (C=O) groups excluding carboxylic acids is 1. The van der Waals surface area contributed by atoms with Crippen molar-refractivity contribution in [3.05, 3.63) is 65.2 Å². The fourth-order valence-corrected chi connectivity index (χ4v) is 6.29. The van der Waals surface area contributed by atoms with Crippen LogP contribution in [0.3, 0.4) is 0 Å². The maximum atomic E-state index is 12.7. The zero-order valence-electron chi connectivity index (χ0n) is 18.1. The summed E-state index contributed by atoms with van der Waals surface area (Å²) in [6, 6.07) is 14.4. The van der Waals surface area contributed by atoms with Gasteiger partial charge in [-0.3, -0.25) is 4.79 Å². The molecule has 4 rings (SSSR count). The molecule has 0 radical (unpaired) electrons. The van der Waals surface area contributed by atoms with Gasteiger partial charge in [-0.25, -0.2) is 8.42 Å². The maximum absolute atomic E-state index is 12.7. The van der Waals surface area contributed by atoms with Gasteiger partial charge >= 0.3 is 0 Å². The molecule has 0 spiro atoms. The van der Waals surface area contributed by atoms with Gasteiger partial charge < -0.3 is 10.1 Å². The van der Waals surface area contributed by atoms with Crippen LogP contribution in [0.2, 0.25) is 0 Å². The minimum absolute atomic E-state index is 0.0484. The van der Waals surface area contributed by atoms with E-state index in [9.17, 15) is 13.2 Å². The number of morpholine rings is 1. The van der Waals surface area contributed by atoms with Crippen molar-refractivity contribution in [2.75, 3.05) is 38.2 Å². The topological polar surface area (TPSA) is 101 Å². The number of thioether (sulfide) groups is 1. The van der Waals surface area contributed by atoms with Crippen LogP contribution in [-0.2, 0) is 20.5 Å². The van der Waals surface area contributed by atoms with Crippen molar-refractivity contribution < 1.29 is 17.9 Å². The van der Waals surface area contributed by atoms with Crippen LogP contribution in [0.25, 0.3) is 0 Å². The Morgan fingerprint density at radius 3 is 2.48 bits per heavy atom. The lowest BCUT2D eigenvalue weighted by molar-refractivity contribution is 0.0730. The van der Waals surface area contributed by atoms with Crippen LogP contribution < -0.4 is 5.32 Å². The lowest BCUT2D eigenvalue weighted by atomic mass is 10.1. The number of ether oxygens (including phenoxy) is 1. The van der Waals surface area contributed by atoms with E-state index in [1.165, 1.54) is 38.9 Å². The molecule has 1 aliphatic rings. The zero-order chi connectivity index (χ0) is 23.3. The normalized spacial score (nSPS) is 14.8. The minimum Gasteiger partial charge on any atom is -0.379 e. The quantitative estimate of drug-likeness (QED) is 0.349. The zero-order valence-corrected chi connectivity index (χ0v) is 20.5. The highest BCUT2D eigenvalue weighted by Crippen LogP contribution is 2.28. The second-order valence-corrected chi connectivity index (χ2v) is 11.6. The van der Waals surface area contributed by atoms with Crippen molar-refractivity contribution in [1.82, 2.24) is 14.5 Å². The van der Waals surface area contributed by atoms with Crippen molar-refractivity contribution >= 4 is 44.0 Å². The van der Waals surface area contributed by atoms with Crippen LogP contribution in [-0.4, -0.2) is 61.6 Å². The molecule has 1 aromatic heterocycles. The average Bonchev–Trinajstić information content (AvgIpc) is 3.31. The van der Waals surface area contributed by atoms with Gasteiger partial charge in [-0.05, 0) is 36.8 Å². The van der Waals surface area contributed by atoms with Crippen LogP contribution in [0.5, 0.6) is 0 Å². The van der Waals surface area contributed by atoms with Crippen molar-refractivity contribution in [3.8, 4) is 0 Å². The fraction of sp³-hybridized carbons (Fsp3) is 0.318. The van der Waals surface area contributed by atoms with E-state index >= 15 is 0 Å². The number of hydrogen-bond acceptors (Lipinski definition) is 9. The largest absolute Gasteiger partial charge is 0.379 e. The first-order valence-corrected chi connectivity index (χ1v) is 13.6. The molecule has 1 N–H and O–H groups in total. The Balaban J connectivity index is 1.29. The molecule has 3 aromatic rings. The lowest BCUT2D eigenvalue weighted by Crippen LogP contribution is -2.40. The van der Waals surface area contributed by atoms with Crippen LogP contribution in [0.1, 0.15) is 21.5 Å². The SMILES string of the molecule is Cc1ccc(CSc2nnc(NCC(=O)c3ccc(S(=O)(=O)N4CCOCC4)cc3)s2)cc1. The van der Waals surface area contributed by atoms with Crippen molar-refractivity contribution in [3.63, 3.8) is 0 Å². The molecule has 0 unspecified atom stereocenters. The first-order valence-electron chi connectivity index (χ1n) is 10.4. The Bertz CT molecular complexity index is 1190. The summed E-state index contributed by atoms with van der Waals surface area (Å²) < 4.78 is 32.8. The molecule has 8 nitrogen and oxygen atoms in total. The second-order valence-electron chi connectivity index (χ2n) is 7.46. The number of nitrogens with zero attached hydrogens (tertiary/aromatic N) is 3. The monoisotopic (exact) mass is 504 g/mol. The molecule has 2 aromatic carbocycles. The third kappa shape index (κ3) is 6.18. The highest BCUT2D eigenvalue weighted by molar-refractivity contribution is 8.00. The molecule has 0 bridgehead atoms. The Morgan fingerprint density at radius 1 is 1.09 bits per heavy atom. The van der Waals surface area contributed by atoms with Gasteiger partial charge in [0.05, 0.1) is 24.7 Å². The number of sulfonamides is 1. The summed E-state index contributed by atoms with van der Waals surface area (Å²) in [5.41, 5.74) is 2.87. The van der Waals surface area contributed by atoms with E-state index in [1.54, 1.807) is 23.9 Å². The number of hydrogen-bond donors (Lipinski definition) is 1. The number of carbonyl (C=O) groups is 1. The number of Topliss-reactive ketones (excluding diaryl/α,β-unsaturated/α-hetero) is 1. The Kier molecular flexibility index (Phi) is 7.76. The summed E-state index contributed by atoms with van der Waals surface area (Å²) in [6.45, 7) is 3.55. The molecule has 0 aliphatic carbocycles. The summed E-state index contributed by atoms with van der Waals surface area (Å²) in [5, 5.41) is 11.8. The third-order valence-corrected chi connectivity index (χ3v) is 9.07. The van der Waals surface area contributed by atoms with Gasteiger partial charge in [0.25, 0.3) is 0 Å². The predicted molar refractivity (Wildman–Crippen MR) is 129 cm³/mol. The second kappa shape index (κ2) is 10.7. The third-order valence-electron chi connectivity index (χ3n) is 5.07. The molecule has 0 saturated carbocycles. The summed E-state index contributed by atoms with van der Waals surface area (Å²) in [5.74, 6) is 0.641. The standard InChI is InChI=1S/C22H24N4O4S3/c1-16-2-4-17(5-3-16)15-31-22-25-24-21(32-22)23-14-20(27)18-6-8-19(9-7-18)33(28,29)26-10-12-30-13-11-26/h2-9H,10-15H2,1H3,(H,23,24). The van der Waals surface area contributed by atoms with E-state index in [0.29, 0.717) is 37.0 Å². The van der Waals surface area contributed by atoms with Crippen LogP contribution >= 0.6 is 23.1 Å². The average molecular weight is 505 g/mol. The Morgan fingerprint density at radius 2 is 1.79 bits per heavy atom. The number of aromatic nitrogens is 2. The smallest absolute Gasteiger partial charge is 0.243 e. The Hall–Kier alpha value is -2.31. The first-order chi connectivity index (χ1) is 15.9. The van der Waals surface area contributed by atoms with Gasteiger partial charge in [0, 0.05) is 24.4 Å². The molecule has 11 heteroatoms. The first kappa shape index (κ1) is 23.8. The molecular formula is C22H24N4O4S3. The van der Waals surface area contributed by atoms with E-state index in [4.69, 9.17) is 4.74 Å². The van der Waals surface area contributed by atoms with E-state index in [0.717, 1.165) is 10.1 Å². The Labute approximate surface area is 201 Å². The van der Waals surface area contributed by atoms with Crippen molar-refractivity contribution in [2.24, 2.45) is 0 Å². The number of anilines is 1. The van der Waals surface area contributed by atoms with Crippen LogP contribution in [0.4, 0.5) is 5.13 Å². The summed E-state index contributed by atoms with van der Waals surface area (Å²) in [6.07, 6.45) is 0. The number of aryl methyl sites for hydroxylation is 1. The van der Waals surface area contributed by atoms with E-state index < -0.39 is 10.0 Å². The molecule has 1 fully saturated rings. The fourth-order valence-electron chi connectivity index (χ4n) is 3.18. The number of nitrogens with one attached hydrogen (secondary N) is 1. The molecule has 2 heterocycles. The van der Waals surface area contributed by atoms with Crippen molar-refractivity contribution in [1.29, 1.82) is 0 Å². The van der Waals surface area contributed by atoms with Crippen LogP contribution in [0.15, 0.2) is 57.8 Å². The van der Waals surface area contributed by atoms with Gasteiger partial charge in [-0.15, -0.1) is 10.2 Å². The predicted octanol–water partition coefficient (Wildman–Crippen LogP) is 3.45. The molecule has 0 atom stereocenters. The summed E-state index contributed by atoms with van der Waals surface area (Å²) in [7, 11) is -3.58. The molecular weight excluding hydrogens is 480 g/mol. The summed E-state index contributed by atoms with van der Waals surface area (Å²) in [4.78, 5) is 12.7. The summed E-state index contributed by atoms with van der Waals surface area (Å²) >= 11 is 2.99. The molecule has 1 aliphatic heterocycles. The molecule has 33 heavy (non-hydrogen) atoms.